The van der Waals surface area contributed by atoms with Crippen LogP contribution < -0.4 is 21.2 Å². The van der Waals surface area contributed by atoms with Gasteiger partial charge in [-0.15, -0.1) is 0 Å². The minimum Gasteiger partial charge on any atom is -0.741 e. The highest BCUT2D eigenvalue weighted by Gasteiger charge is 2.38. The average molecular weight is 599 g/mol. The van der Waals surface area contributed by atoms with Crippen LogP contribution in [-0.4, -0.2) is 18.5 Å². The molecule has 0 aliphatic heterocycles. The van der Waals surface area contributed by atoms with Crippen LogP contribution in [0.15, 0.2) is 42.5 Å². The number of halogens is 4. The fourth-order valence-electron chi connectivity index (χ4n) is 3.39. The van der Waals surface area contributed by atoms with Gasteiger partial charge in [-0.3, -0.25) is 0 Å². The van der Waals surface area contributed by atoms with Gasteiger partial charge in [-0.05, 0) is 45.6 Å². The zero-order chi connectivity index (χ0) is 26.0. The maximum absolute atomic E-state index is 10.7. The second-order valence-electron chi connectivity index (χ2n) is 10.9. The van der Waals surface area contributed by atoms with E-state index in [4.69, 9.17) is 13.0 Å². The molecule has 0 radical (unpaired) electrons. The molecule has 0 unspecified atom stereocenters. The first kappa shape index (κ1) is 29.9. The Balaban J connectivity index is 0.000000582. The molecule has 8 heteroatoms. The fraction of sp³-hybridized carbons (Fsp3) is 0.520. The Kier molecular flexibility index (Phi) is 9.28. The molecule has 2 aromatic rings. The highest BCUT2D eigenvalue weighted by Crippen LogP contribution is 2.40. The summed E-state index contributed by atoms with van der Waals surface area (Å²) in [6.45, 7) is 21.3. The average Bonchev–Trinajstić information content (AvgIpc) is 2.58. The largest absolute Gasteiger partial charge is 0.741 e. The fourth-order valence-corrected chi connectivity index (χ4v) is 6.54. The summed E-state index contributed by atoms with van der Waals surface area (Å²) in [7, 11) is -6.09. The second-order valence-corrected chi connectivity index (χ2v) is 15.2. The van der Waals surface area contributed by atoms with E-state index in [9.17, 15) is 13.2 Å². The highest BCUT2D eigenvalue weighted by molar-refractivity contribution is 7.86. The van der Waals surface area contributed by atoms with E-state index in [1.165, 1.54) is 9.13 Å². The lowest BCUT2D eigenvalue weighted by atomic mass is 9.69. The molecule has 0 bridgehead atoms. The maximum Gasteiger partial charge on any atom is 0.485 e. The second kappa shape index (κ2) is 10.2. The molecule has 0 spiro atoms. The van der Waals surface area contributed by atoms with Gasteiger partial charge < -0.3 is 4.55 Å². The van der Waals surface area contributed by atoms with Crippen molar-refractivity contribution in [1.82, 2.24) is 0 Å². The van der Waals surface area contributed by atoms with Crippen LogP contribution in [0.3, 0.4) is 0 Å². The van der Waals surface area contributed by atoms with Gasteiger partial charge in [0.25, 0.3) is 0 Å². The summed E-state index contributed by atoms with van der Waals surface area (Å²) in [5.74, 6) is 0. The Morgan fingerprint density at radius 3 is 1.45 bits per heavy atom. The molecule has 2 rings (SSSR count). The van der Waals surface area contributed by atoms with E-state index in [2.05, 4.69) is 105 Å². The van der Waals surface area contributed by atoms with Crippen LogP contribution in [0.4, 0.5) is 13.2 Å². The van der Waals surface area contributed by atoms with Crippen molar-refractivity contribution in [3.05, 3.63) is 66.3 Å². The Labute approximate surface area is 207 Å². The predicted molar refractivity (Wildman–Crippen MR) is 122 cm³/mol. The number of hydrogen-bond acceptors (Lipinski definition) is 3. The zero-order valence-electron chi connectivity index (χ0n) is 20.7. The van der Waals surface area contributed by atoms with E-state index in [1.54, 1.807) is 14.7 Å². The van der Waals surface area contributed by atoms with Crippen molar-refractivity contribution in [3.8, 4) is 0 Å². The first-order valence-corrected chi connectivity index (χ1v) is 14.0. The van der Waals surface area contributed by atoms with Crippen molar-refractivity contribution < 1.29 is 47.3 Å². The molecule has 33 heavy (non-hydrogen) atoms. The molecule has 0 heterocycles. The first-order chi connectivity index (χ1) is 14.6. The maximum atomic E-state index is 10.7. The quantitative estimate of drug-likeness (QED) is 0.301. The predicted octanol–water partition coefficient (Wildman–Crippen LogP) is 3.76. The molecule has 0 N–H and O–H groups in total. The summed E-state index contributed by atoms with van der Waals surface area (Å²) in [6, 6.07) is 15.9. The van der Waals surface area contributed by atoms with E-state index in [1.807, 2.05) is 0 Å². The number of alkyl halides is 3. The molecule has 0 saturated heterocycles. The molecule has 0 atom stereocenters. The molecule has 0 aliphatic rings. The Morgan fingerprint density at radius 1 is 0.697 bits per heavy atom. The molecular formula is C25H34F3IO3S. The summed E-state index contributed by atoms with van der Waals surface area (Å²) in [6.07, 6.45) is 0. The monoisotopic (exact) mass is 598 g/mol. The minimum absolute atomic E-state index is 0.141. The Bertz CT molecular complexity index is 1040. The minimum atomic E-state index is -6.09. The summed E-state index contributed by atoms with van der Waals surface area (Å²) in [4.78, 5) is 0. The third kappa shape index (κ3) is 8.55. The van der Waals surface area contributed by atoms with Gasteiger partial charge >= 0.3 is 26.7 Å². The summed E-state index contributed by atoms with van der Waals surface area (Å²) >= 11 is -0.174. The van der Waals surface area contributed by atoms with Crippen LogP contribution in [-0.2, 0) is 26.4 Å². The first-order valence-electron chi connectivity index (χ1n) is 10.5. The smallest absolute Gasteiger partial charge is 0.485 e. The van der Waals surface area contributed by atoms with Crippen LogP contribution in [0.5, 0.6) is 0 Å². The molecular weight excluding hydrogens is 564 g/mol. The standard InChI is InChI=1S/C24H34I.CHF3O3S/c1-22(2,3)18-15-16-19(25-17-13-11-10-12-14-17)21(24(7,8)9)20(18)23(4,5)6;2-1(3,4)8(5,6)7/h10-16H,1-9H3;(H,5,6,7)/q+1;/p-1. The van der Waals surface area contributed by atoms with Crippen molar-refractivity contribution in [1.29, 1.82) is 0 Å². The lowest BCUT2D eigenvalue weighted by Crippen LogP contribution is -3.61. The van der Waals surface area contributed by atoms with Gasteiger partial charge in [-0.25, -0.2) is 8.42 Å². The Morgan fingerprint density at radius 2 is 1.12 bits per heavy atom. The summed E-state index contributed by atoms with van der Waals surface area (Å²) in [5, 5.41) is 0. The van der Waals surface area contributed by atoms with Crippen molar-refractivity contribution in [2.45, 2.75) is 84.1 Å². The molecule has 2 aromatic carbocycles. The van der Waals surface area contributed by atoms with Gasteiger partial charge in [-0.1, -0.05) is 86.6 Å². The van der Waals surface area contributed by atoms with Gasteiger partial charge in [0.2, 0.25) is 0 Å². The lowest BCUT2D eigenvalue weighted by Gasteiger charge is -2.36. The van der Waals surface area contributed by atoms with E-state index in [0.717, 1.165) is 0 Å². The SMILES string of the molecule is CC(C)(C)c1ccc([I+]c2ccccc2)c(C(C)(C)C)c1C(C)(C)C.O=S(=O)([O-])C(F)(F)F. The molecule has 0 aromatic heterocycles. The lowest BCUT2D eigenvalue weighted by molar-refractivity contribution is -0.598. The topological polar surface area (TPSA) is 57.2 Å². The normalized spacial score (nSPS) is 13.4. The van der Waals surface area contributed by atoms with Gasteiger partial charge in [-0.2, -0.15) is 13.2 Å². The molecule has 0 aliphatic carbocycles. The Hall–Kier alpha value is -1.13. The number of benzene rings is 2. The van der Waals surface area contributed by atoms with Crippen LogP contribution in [0, 0.1) is 7.14 Å². The van der Waals surface area contributed by atoms with Gasteiger partial charge in [0.1, 0.15) is 0 Å². The van der Waals surface area contributed by atoms with Crippen molar-refractivity contribution in [2.75, 3.05) is 0 Å². The third-order valence-corrected chi connectivity index (χ3v) is 8.08. The van der Waals surface area contributed by atoms with E-state index < -0.39 is 15.6 Å². The molecule has 0 amide bonds. The summed E-state index contributed by atoms with van der Waals surface area (Å²) in [5.41, 5.74) is -0.537. The molecule has 0 fully saturated rings. The van der Waals surface area contributed by atoms with Crippen molar-refractivity contribution in [3.63, 3.8) is 0 Å². The third-order valence-electron chi connectivity index (χ3n) is 4.69. The molecule has 186 valence electrons. The van der Waals surface area contributed by atoms with Gasteiger partial charge in [0.05, 0.1) is 0 Å². The van der Waals surface area contributed by atoms with Crippen molar-refractivity contribution in [2.24, 2.45) is 0 Å². The van der Waals surface area contributed by atoms with E-state index in [0.29, 0.717) is 0 Å². The van der Waals surface area contributed by atoms with Crippen LogP contribution in [0.25, 0.3) is 0 Å². The van der Waals surface area contributed by atoms with E-state index in [-0.39, 0.29) is 37.5 Å². The summed E-state index contributed by atoms with van der Waals surface area (Å²) < 4.78 is 62.0. The van der Waals surface area contributed by atoms with Crippen molar-refractivity contribution >= 4 is 10.1 Å². The number of rotatable bonds is 2. The van der Waals surface area contributed by atoms with Gasteiger partial charge in [0.15, 0.2) is 17.3 Å². The zero-order valence-corrected chi connectivity index (χ0v) is 23.7. The molecule has 0 saturated carbocycles. The van der Waals surface area contributed by atoms with E-state index >= 15 is 0 Å². The van der Waals surface area contributed by atoms with Crippen LogP contribution in [0.1, 0.15) is 79.0 Å². The van der Waals surface area contributed by atoms with Crippen LogP contribution in [0.2, 0.25) is 0 Å². The highest BCUT2D eigenvalue weighted by atomic mass is 127. The van der Waals surface area contributed by atoms with Crippen LogP contribution >= 0.6 is 0 Å². The number of hydrogen-bond donors (Lipinski definition) is 0. The van der Waals surface area contributed by atoms with Gasteiger partial charge in [0, 0.05) is 5.56 Å². The molecule has 3 nitrogen and oxygen atoms in total.